The molecule has 0 saturated heterocycles. The molecule has 0 aliphatic carbocycles. The van der Waals surface area contributed by atoms with Crippen LogP contribution in [0.1, 0.15) is 5.56 Å². The van der Waals surface area contributed by atoms with Crippen LogP contribution >= 0.6 is 0 Å². The molecule has 0 amide bonds. The van der Waals surface area contributed by atoms with Gasteiger partial charge in [0.25, 0.3) is 0 Å². The molecule has 5 heteroatoms. The highest BCUT2D eigenvalue weighted by atomic mass is 16.6. The Hall–Kier alpha value is -2.14. The van der Waals surface area contributed by atoms with Crippen LogP contribution in [0.5, 0.6) is 0 Å². The minimum atomic E-state index is -1.02. The van der Waals surface area contributed by atoms with Gasteiger partial charge < -0.3 is 14.2 Å². The summed E-state index contributed by atoms with van der Waals surface area (Å²) in [7, 11) is 2.52. The molecule has 0 bridgehead atoms. The summed E-state index contributed by atoms with van der Waals surface area (Å²) in [4.78, 5) is 23.5. The number of methoxy groups -OCH3 is 2. The smallest absolute Gasteiger partial charge is 0.339 e. The molecule has 0 saturated carbocycles. The summed E-state index contributed by atoms with van der Waals surface area (Å²) in [6.07, 6.45) is -1.02. The van der Waals surface area contributed by atoms with Crippen LogP contribution in [0, 0.1) is 0 Å². The first-order valence-corrected chi connectivity index (χ1v) is 5.75. The van der Waals surface area contributed by atoms with E-state index in [1.807, 2.05) is 30.3 Å². The van der Waals surface area contributed by atoms with Crippen molar-refractivity contribution in [3.05, 3.63) is 41.5 Å². The van der Waals surface area contributed by atoms with Gasteiger partial charge in [-0.1, -0.05) is 30.3 Å². The van der Waals surface area contributed by atoms with Gasteiger partial charge in [-0.15, -0.1) is 0 Å². The zero-order valence-corrected chi connectivity index (χ0v) is 10.7. The van der Waals surface area contributed by atoms with Gasteiger partial charge in [0, 0.05) is 0 Å². The number of hydrogen-bond donors (Lipinski definition) is 0. The maximum Gasteiger partial charge on any atom is 0.339 e. The first kappa shape index (κ1) is 13.3. The van der Waals surface area contributed by atoms with Gasteiger partial charge in [-0.25, -0.2) is 9.59 Å². The first-order chi connectivity index (χ1) is 9.19. The van der Waals surface area contributed by atoms with Gasteiger partial charge in [0.05, 0.1) is 26.4 Å². The van der Waals surface area contributed by atoms with E-state index >= 15 is 0 Å². The van der Waals surface area contributed by atoms with Gasteiger partial charge in [0.15, 0.2) is 6.10 Å². The molecule has 100 valence electrons. The highest BCUT2D eigenvalue weighted by molar-refractivity contribution is 6.05. The zero-order valence-electron chi connectivity index (χ0n) is 10.7. The lowest BCUT2D eigenvalue weighted by atomic mass is 9.99. The third-order valence-electron chi connectivity index (χ3n) is 2.92. The second-order valence-corrected chi connectivity index (χ2v) is 3.96. The molecule has 1 aliphatic heterocycles. The van der Waals surface area contributed by atoms with Gasteiger partial charge in [0.1, 0.15) is 0 Å². The zero-order chi connectivity index (χ0) is 13.8. The van der Waals surface area contributed by atoms with Crippen molar-refractivity contribution < 1.29 is 23.8 Å². The topological polar surface area (TPSA) is 61.8 Å². The highest BCUT2D eigenvalue weighted by Crippen LogP contribution is 2.30. The Labute approximate surface area is 110 Å². The molecule has 1 unspecified atom stereocenters. The highest BCUT2D eigenvalue weighted by Gasteiger charge is 2.38. The second-order valence-electron chi connectivity index (χ2n) is 3.96. The van der Waals surface area contributed by atoms with E-state index in [9.17, 15) is 9.59 Å². The lowest BCUT2D eigenvalue weighted by molar-refractivity contribution is -0.152. The van der Waals surface area contributed by atoms with Crippen molar-refractivity contribution in [2.45, 2.75) is 6.10 Å². The summed E-state index contributed by atoms with van der Waals surface area (Å²) in [6.45, 7) is 0.175. The summed E-state index contributed by atoms with van der Waals surface area (Å²) >= 11 is 0. The van der Waals surface area contributed by atoms with E-state index in [-0.39, 0.29) is 12.2 Å². The van der Waals surface area contributed by atoms with E-state index in [2.05, 4.69) is 4.74 Å². The average molecular weight is 262 g/mol. The molecule has 0 aromatic heterocycles. The minimum Gasteiger partial charge on any atom is -0.467 e. The number of carbonyl (C=O) groups excluding carboxylic acids is 2. The number of esters is 2. The fraction of sp³-hybridized carbons (Fsp3) is 0.286. The summed E-state index contributed by atoms with van der Waals surface area (Å²) < 4.78 is 14.7. The summed E-state index contributed by atoms with van der Waals surface area (Å²) in [5.74, 6) is -1.18. The molecule has 1 atom stereocenters. The van der Waals surface area contributed by atoms with E-state index in [4.69, 9.17) is 9.47 Å². The molecular weight excluding hydrogens is 248 g/mol. The quantitative estimate of drug-likeness (QED) is 0.766. The van der Waals surface area contributed by atoms with Crippen molar-refractivity contribution in [2.24, 2.45) is 0 Å². The van der Waals surface area contributed by atoms with E-state index < -0.39 is 18.0 Å². The van der Waals surface area contributed by atoms with E-state index in [1.54, 1.807) is 0 Å². The normalized spacial score (nSPS) is 18.3. The first-order valence-electron chi connectivity index (χ1n) is 5.75. The van der Waals surface area contributed by atoms with E-state index in [1.165, 1.54) is 14.2 Å². The molecule has 1 aliphatic rings. The maximum atomic E-state index is 11.9. The van der Waals surface area contributed by atoms with Gasteiger partial charge in [0.2, 0.25) is 0 Å². The van der Waals surface area contributed by atoms with Crippen LogP contribution in [0.4, 0.5) is 0 Å². The SMILES string of the molecule is COC(=O)C1=C(c2ccccc2)COC1C(=O)OC. The Morgan fingerprint density at radius 1 is 1.16 bits per heavy atom. The Morgan fingerprint density at radius 3 is 2.42 bits per heavy atom. The number of ether oxygens (including phenoxy) is 3. The lowest BCUT2D eigenvalue weighted by Crippen LogP contribution is -2.28. The van der Waals surface area contributed by atoms with Crippen LogP contribution in [-0.4, -0.2) is 38.9 Å². The third kappa shape index (κ3) is 2.51. The fourth-order valence-electron chi connectivity index (χ4n) is 2.00. The number of rotatable bonds is 3. The molecule has 2 rings (SSSR count). The molecule has 1 aromatic carbocycles. The molecule has 0 N–H and O–H groups in total. The molecule has 0 radical (unpaired) electrons. The van der Waals surface area contributed by atoms with Crippen LogP contribution in [0.15, 0.2) is 35.9 Å². The van der Waals surface area contributed by atoms with Crippen LogP contribution in [0.2, 0.25) is 0 Å². The minimum absolute atomic E-state index is 0.175. The van der Waals surface area contributed by atoms with Crippen molar-refractivity contribution in [3.8, 4) is 0 Å². The molecular formula is C14H14O5. The van der Waals surface area contributed by atoms with Crippen molar-refractivity contribution >= 4 is 17.5 Å². The van der Waals surface area contributed by atoms with Crippen LogP contribution in [0.25, 0.3) is 5.57 Å². The van der Waals surface area contributed by atoms with Gasteiger partial charge in [-0.05, 0) is 11.1 Å². The van der Waals surface area contributed by atoms with Crippen LogP contribution in [-0.2, 0) is 23.8 Å². The van der Waals surface area contributed by atoms with E-state index in [0.29, 0.717) is 5.57 Å². The monoisotopic (exact) mass is 262 g/mol. The van der Waals surface area contributed by atoms with Crippen LogP contribution in [0.3, 0.4) is 0 Å². The summed E-state index contributed by atoms with van der Waals surface area (Å²) in [5.41, 5.74) is 1.69. The maximum absolute atomic E-state index is 11.9. The van der Waals surface area contributed by atoms with Gasteiger partial charge >= 0.3 is 11.9 Å². The Morgan fingerprint density at radius 2 is 1.84 bits per heavy atom. The van der Waals surface area contributed by atoms with Crippen molar-refractivity contribution in [1.82, 2.24) is 0 Å². The van der Waals surface area contributed by atoms with Gasteiger partial charge in [-0.3, -0.25) is 0 Å². The number of hydrogen-bond acceptors (Lipinski definition) is 5. The third-order valence-corrected chi connectivity index (χ3v) is 2.92. The van der Waals surface area contributed by atoms with Gasteiger partial charge in [-0.2, -0.15) is 0 Å². The Bertz CT molecular complexity index is 518. The molecule has 0 fully saturated rings. The lowest BCUT2D eigenvalue weighted by Gasteiger charge is -2.10. The fourth-order valence-corrected chi connectivity index (χ4v) is 2.00. The largest absolute Gasteiger partial charge is 0.467 e. The molecule has 1 heterocycles. The van der Waals surface area contributed by atoms with Crippen LogP contribution < -0.4 is 0 Å². The van der Waals surface area contributed by atoms with Crippen molar-refractivity contribution in [3.63, 3.8) is 0 Å². The van der Waals surface area contributed by atoms with E-state index in [0.717, 1.165) is 5.56 Å². The average Bonchev–Trinajstić information content (AvgIpc) is 2.91. The number of carbonyl (C=O) groups is 2. The summed E-state index contributed by atoms with van der Waals surface area (Å²) in [5, 5.41) is 0. The number of benzene rings is 1. The molecule has 5 nitrogen and oxygen atoms in total. The van der Waals surface area contributed by atoms with Crippen molar-refractivity contribution in [2.75, 3.05) is 20.8 Å². The Balaban J connectivity index is 2.47. The predicted molar refractivity (Wildman–Crippen MR) is 67.1 cm³/mol. The van der Waals surface area contributed by atoms with Crippen molar-refractivity contribution in [1.29, 1.82) is 0 Å². The molecule has 19 heavy (non-hydrogen) atoms. The molecule has 1 aromatic rings. The standard InChI is InChI=1S/C14H14O5/c1-17-13(15)11-10(9-6-4-3-5-7-9)8-19-12(11)14(16)18-2/h3-7,12H,8H2,1-2H3. The molecule has 0 spiro atoms. The second kappa shape index (κ2) is 5.67. The Kier molecular flexibility index (Phi) is 3.97. The summed E-state index contributed by atoms with van der Waals surface area (Å²) in [6, 6.07) is 9.27. The predicted octanol–water partition coefficient (Wildman–Crippen LogP) is 1.18.